The van der Waals surface area contributed by atoms with Crippen molar-refractivity contribution in [2.45, 2.75) is 6.61 Å². The highest BCUT2D eigenvalue weighted by molar-refractivity contribution is 9.13. The van der Waals surface area contributed by atoms with Crippen molar-refractivity contribution in [1.29, 1.82) is 0 Å². The lowest BCUT2D eigenvalue weighted by atomic mass is 10.3. The van der Waals surface area contributed by atoms with Crippen LogP contribution in [-0.4, -0.2) is 13.5 Å². The van der Waals surface area contributed by atoms with E-state index in [0.717, 1.165) is 0 Å². The molecule has 0 atom stereocenters. The fourth-order valence-corrected chi connectivity index (χ4v) is 1.51. The van der Waals surface area contributed by atoms with Crippen molar-refractivity contribution in [3.63, 3.8) is 0 Å². The molecule has 1 aromatic carbocycles. The molecule has 0 fully saturated rings. The second-order valence-electron chi connectivity index (χ2n) is 2.35. The molecule has 0 heterocycles. The van der Waals surface area contributed by atoms with Crippen LogP contribution in [0.25, 0.3) is 0 Å². The fraction of sp³-hybridized carbons (Fsp3) is 0.250. The van der Waals surface area contributed by atoms with Crippen LogP contribution in [0.1, 0.15) is 0 Å². The normalized spacial score (nSPS) is 10.5. The first-order chi connectivity index (χ1) is 7.04. The molecule has 0 amide bonds. The van der Waals surface area contributed by atoms with Gasteiger partial charge in [-0.1, -0.05) is 0 Å². The molecule has 0 unspecified atom stereocenters. The number of alkyl halides is 3. The van der Waals surface area contributed by atoms with E-state index in [1.807, 2.05) is 0 Å². The summed E-state index contributed by atoms with van der Waals surface area (Å²) in [6.45, 7) is -4.10. The average molecular weight is 350 g/mol. The highest BCUT2D eigenvalue weighted by atomic mass is 79.9. The molecule has 0 spiro atoms. The maximum absolute atomic E-state index is 12.0. The second kappa shape index (κ2) is 5.60. The van der Waals surface area contributed by atoms with Crippen molar-refractivity contribution < 1.29 is 22.6 Å². The van der Waals surface area contributed by atoms with Crippen LogP contribution in [0.3, 0.4) is 0 Å². The third kappa shape index (κ3) is 3.57. The van der Waals surface area contributed by atoms with Crippen LogP contribution < -0.4 is 9.47 Å². The van der Waals surface area contributed by atoms with Gasteiger partial charge in [-0.2, -0.15) is 8.78 Å². The molecule has 0 saturated heterocycles. The summed E-state index contributed by atoms with van der Waals surface area (Å²) in [5, 5.41) is 0. The minimum absolute atomic E-state index is 0.0899. The number of hydrogen-bond donors (Lipinski definition) is 0. The Morgan fingerprint density at radius 3 is 2.13 bits per heavy atom. The summed E-state index contributed by atoms with van der Waals surface area (Å²) in [5.41, 5.74) is 0. The summed E-state index contributed by atoms with van der Waals surface area (Å²) in [7, 11) is 0. The smallest absolute Gasteiger partial charge is 0.387 e. The highest BCUT2D eigenvalue weighted by Gasteiger charge is 2.13. The van der Waals surface area contributed by atoms with Crippen molar-refractivity contribution in [3.05, 3.63) is 21.1 Å². The van der Waals surface area contributed by atoms with Crippen molar-refractivity contribution in [2.24, 2.45) is 0 Å². The SMILES string of the molecule is FCOc1cc(Br)c(Br)cc1OC(F)F. The molecular formula is C8H5Br2F3O2. The molecule has 2 nitrogen and oxygen atoms in total. The molecule has 15 heavy (non-hydrogen) atoms. The van der Waals surface area contributed by atoms with Gasteiger partial charge in [0.25, 0.3) is 0 Å². The lowest BCUT2D eigenvalue weighted by Gasteiger charge is -2.11. The van der Waals surface area contributed by atoms with E-state index in [9.17, 15) is 13.2 Å². The van der Waals surface area contributed by atoms with Crippen LogP contribution >= 0.6 is 31.9 Å². The molecule has 84 valence electrons. The van der Waals surface area contributed by atoms with E-state index in [1.165, 1.54) is 12.1 Å². The zero-order chi connectivity index (χ0) is 11.4. The van der Waals surface area contributed by atoms with E-state index >= 15 is 0 Å². The van der Waals surface area contributed by atoms with Gasteiger partial charge in [-0.05, 0) is 44.0 Å². The van der Waals surface area contributed by atoms with Gasteiger partial charge in [0, 0.05) is 8.95 Å². The first-order valence-corrected chi connectivity index (χ1v) is 5.25. The zero-order valence-electron chi connectivity index (χ0n) is 7.15. The lowest BCUT2D eigenvalue weighted by molar-refractivity contribution is -0.0520. The van der Waals surface area contributed by atoms with Crippen molar-refractivity contribution in [2.75, 3.05) is 6.86 Å². The van der Waals surface area contributed by atoms with Gasteiger partial charge in [0.2, 0.25) is 6.86 Å². The molecule has 1 rings (SSSR count). The number of ether oxygens (including phenoxy) is 2. The molecular weight excluding hydrogens is 345 g/mol. The standard InChI is InChI=1S/C8H5Br2F3O2/c9-4-1-6(14-3-11)7(2-5(4)10)15-8(12)13/h1-2,8H,3H2. The molecule has 0 saturated carbocycles. The Morgan fingerprint density at radius 2 is 1.67 bits per heavy atom. The molecule has 0 radical (unpaired) electrons. The van der Waals surface area contributed by atoms with Crippen molar-refractivity contribution in [1.82, 2.24) is 0 Å². The Hall–Kier alpha value is -0.430. The van der Waals surface area contributed by atoms with E-state index in [2.05, 4.69) is 41.3 Å². The van der Waals surface area contributed by atoms with Crippen molar-refractivity contribution >= 4 is 31.9 Å². The summed E-state index contributed by atoms with van der Waals surface area (Å²) in [6.07, 6.45) is 0. The van der Waals surface area contributed by atoms with Gasteiger partial charge in [-0.3, -0.25) is 0 Å². The van der Waals surface area contributed by atoms with Crippen LogP contribution in [0.5, 0.6) is 11.5 Å². The molecule has 0 aliphatic rings. The Balaban J connectivity index is 3.04. The van der Waals surface area contributed by atoms with Gasteiger partial charge < -0.3 is 9.47 Å². The molecule has 0 bridgehead atoms. The second-order valence-corrected chi connectivity index (χ2v) is 4.05. The summed E-state index contributed by atoms with van der Waals surface area (Å²) in [4.78, 5) is 0. The largest absolute Gasteiger partial charge is 0.459 e. The average Bonchev–Trinajstić information content (AvgIpc) is 2.13. The van der Waals surface area contributed by atoms with Crippen LogP contribution in [-0.2, 0) is 0 Å². The highest BCUT2D eigenvalue weighted by Crippen LogP contribution is 2.37. The van der Waals surface area contributed by atoms with E-state index < -0.39 is 13.5 Å². The molecule has 0 aliphatic heterocycles. The van der Waals surface area contributed by atoms with Crippen molar-refractivity contribution in [3.8, 4) is 11.5 Å². The van der Waals surface area contributed by atoms with Crippen LogP contribution in [0.15, 0.2) is 21.1 Å². The van der Waals surface area contributed by atoms with Crippen LogP contribution in [0.4, 0.5) is 13.2 Å². The Morgan fingerprint density at radius 1 is 1.13 bits per heavy atom. The van der Waals surface area contributed by atoms with Gasteiger partial charge in [0.05, 0.1) is 0 Å². The van der Waals surface area contributed by atoms with E-state index in [-0.39, 0.29) is 11.5 Å². The summed E-state index contributed by atoms with van der Waals surface area (Å²) in [6, 6.07) is 2.60. The molecule has 0 aliphatic carbocycles. The summed E-state index contributed by atoms with van der Waals surface area (Å²) >= 11 is 6.22. The maximum atomic E-state index is 12.0. The number of hydrogen-bond acceptors (Lipinski definition) is 2. The predicted octanol–water partition coefficient (Wildman–Crippen LogP) is 4.12. The minimum Gasteiger partial charge on any atom is -0.459 e. The number of benzene rings is 1. The molecule has 0 N–H and O–H groups in total. The van der Waals surface area contributed by atoms with Gasteiger partial charge >= 0.3 is 6.61 Å². The summed E-state index contributed by atoms with van der Waals surface area (Å²) < 4.78 is 45.6. The van der Waals surface area contributed by atoms with Crippen LogP contribution in [0.2, 0.25) is 0 Å². The van der Waals surface area contributed by atoms with E-state index in [0.29, 0.717) is 8.95 Å². The van der Waals surface area contributed by atoms with E-state index in [1.54, 1.807) is 0 Å². The minimum atomic E-state index is -2.99. The van der Waals surface area contributed by atoms with Gasteiger partial charge in [-0.25, -0.2) is 4.39 Å². The topological polar surface area (TPSA) is 18.5 Å². The third-order valence-electron chi connectivity index (χ3n) is 1.41. The molecule has 0 aromatic heterocycles. The third-order valence-corrected chi connectivity index (χ3v) is 3.26. The predicted molar refractivity (Wildman–Crippen MR) is 55.1 cm³/mol. The Bertz CT molecular complexity index is 347. The number of rotatable bonds is 4. The quantitative estimate of drug-likeness (QED) is 0.814. The fourth-order valence-electron chi connectivity index (χ4n) is 0.870. The van der Waals surface area contributed by atoms with Crippen LogP contribution in [0, 0.1) is 0 Å². The lowest BCUT2D eigenvalue weighted by Crippen LogP contribution is -2.04. The van der Waals surface area contributed by atoms with E-state index in [4.69, 9.17) is 0 Å². The van der Waals surface area contributed by atoms with Gasteiger partial charge in [-0.15, -0.1) is 0 Å². The maximum Gasteiger partial charge on any atom is 0.387 e. The number of halogens is 5. The summed E-state index contributed by atoms with van der Waals surface area (Å²) in [5.74, 6) is -0.314. The van der Waals surface area contributed by atoms with Gasteiger partial charge in [0.1, 0.15) is 0 Å². The first-order valence-electron chi connectivity index (χ1n) is 3.67. The molecule has 7 heteroatoms. The Labute approximate surface area is 101 Å². The monoisotopic (exact) mass is 348 g/mol. The zero-order valence-corrected chi connectivity index (χ0v) is 10.3. The Kier molecular flexibility index (Phi) is 4.72. The molecule has 1 aromatic rings. The first kappa shape index (κ1) is 12.6. The van der Waals surface area contributed by atoms with Gasteiger partial charge in [0.15, 0.2) is 11.5 Å².